The third-order valence-corrected chi connectivity index (χ3v) is 2.17. The van der Waals surface area contributed by atoms with Crippen molar-refractivity contribution in [2.24, 2.45) is 11.5 Å². The molecule has 1 aromatic carbocycles. The maximum Gasteiger partial charge on any atom is 0.248 e. The zero-order valence-electron chi connectivity index (χ0n) is 8.45. The van der Waals surface area contributed by atoms with Crippen LogP contribution in [0.1, 0.15) is 21.5 Å². The van der Waals surface area contributed by atoms with E-state index in [1.54, 1.807) is 18.2 Å². The first kappa shape index (κ1) is 11.0. The van der Waals surface area contributed by atoms with Gasteiger partial charge in [-0.2, -0.15) is 0 Å². The minimum atomic E-state index is -0.488. The molecule has 4 heteroatoms. The maximum atomic E-state index is 11.0. The summed E-state index contributed by atoms with van der Waals surface area (Å²) in [5.41, 5.74) is 13.2. The van der Waals surface area contributed by atoms with E-state index in [0.717, 1.165) is 17.3 Å². The minimum absolute atomic E-state index is 0.414. The maximum absolute atomic E-state index is 11.0. The van der Waals surface area contributed by atoms with Gasteiger partial charge in [-0.15, -0.1) is 0 Å². The number of nitrogens with one attached hydrogen (secondary N) is 1. The van der Waals surface area contributed by atoms with Crippen molar-refractivity contribution in [2.45, 2.75) is 6.92 Å². The van der Waals surface area contributed by atoms with E-state index in [0.29, 0.717) is 11.1 Å². The van der Waals surface area contributed by atoms with Crippen molar-refractivity contribution in [1.29, 1.82) is 5.41 Å². The average molecular weight is 203 g/mol. The topological polar surface area (TPSA) is 93.0 Å². The summed E-state index contributed by atoms with van der Waals surface area (Å²) in [5.74, 6) is -0.488. The van der Waals surface area contributed by atoms with Crippen LogP contribution in [0.15, 0.2) is 24.4 Å². The molecule has 78 valence electrons. The van der Waals surface area contributed by atoms with Gasteiger partial charge in [0.25, 0.3) is 0 Å². The van der Waals surface area contributed by atoms with Crippen LogP contribution >= 0.6 is 0 Å². The lowest BCUT2D eigenvalue weighted by Gasteiger charge is -2.07. The van der Waals surface area contributed by atoms with E-state index in [2.05, 4.69) is 0 Å². The van der Waals surface area contributed by atoms with E-state index in [4.69, 9.17) is 16.9 Å². The van der Waals surface area contributed by atoms with Crippen LogP contribution in [0.25, 0.3) is 5.57 Å². The molecule has 0 saturated heterocycles. The number of nitrogens with two attached hydrogens (primary N) is 2. The lowest BCUT2D eigenvalue weighted by atomic mass is 9.99. The summed E-state index contributed by atoms with van der Waals surface area (Å²) in [5, 5.41) is 7.18. The summed E-state index contributed by atoms with van der Waals surface area (Å²) in [4.78, 5) is 11.0. The Morgan fingerprint density at radius 1 is 1.47 bits per heavy atom. The molecule has 0 aliphatic rings. The molecule has 0 bridgehead atoms. The molecule has 0 radical (unpaired) electrons. The van der Waals surface area contributed by atoms with E-state index in [9.17, 15) is 4.79 Å². The number of carbonyl (C=O) groups is 1. The van der Waals surface area contributed by atoms with Crippen LogP contribution in [0.3, 0.4) is 0 Å². The van der Waals surface area contributed by atoms with Gasteiger partial charge in [0.2, 0.25) is 5.91 Å². The standard InChI is InChI=1S/C11H13N3O/c1-7-2-3-8(11(14)15)4-10(7)9(5-12)6-13/h2-6,12H,13H2,1H3,(H2,14,15)/b9-6+,12-5?. The van der Waals surface area contributed by atoms with Crippen LogP contribution in [0, 0.1) is 12.3 Å². The normalized spacial score (nSPS) is 11.1. The second-order valence-corrected chi connectivity index (χ2v) is 3.16. The fourth-order valence-electron chi connectivity index (χ4n) is 1.30. The van der Waals surface area contributed by atoms with Crippen LogP contribution < -0.4 is 11.5 Å². The lowest BCUT2D eigenvalue weighted by Crippen LogP contribution is -2.11. The smallest absolute Gasteiger partial charge is 0.248 e. The zero-order chi connectivity index (χ0) is 11.4. The summed E-state index contributed by atoms with van der Waals surface area (Å²) >= 11 is 0. The lowest BCUT2D eigenvalue weighted by molar-refractivity contribution is 0.100. The van der Waals surface area contributed by atoms with E-state index >= 15 is 0 Å². The van der Waals surface area contributed by atoms with Gasteiger partial charge >= 0.3 is 0 Å². The van der Waals surface area contributed by atoms with E-state index in [-0.39, 0.29) is 0 Å². The van der Waals surface area contributed by atoms with Crippen molar-refractivity contribution in [2.75, 3.05) is 0 Å². The van der Waals surface area contributed by atoms with Gasteiger partial charge in [-0.1, -0.05) is 6.07 Å². The van der Waals surface area contributed by atoms with E-state index < -0.39 is 5.91 Å². The molecule has 1 amide bonds. The Balaban J connectivity index is 3.33. The molecule has 15 heavy (non-hydrogen) atoms. The second-order valence-electron chi connectivity index (χ2n) is 3.16. The van der Waals surface area contributed by atoms with Crippen molar-refractivity contribution in [3.63, 3.8) is 0 Å². The monoisotopic (exact) mass is 203 g/mol. The summed E-state index contributed by atoms with van der Waals surface area (Å²) in [6.07, 6.45) is 2.48. The van der Waals surface area contributed by atoms with Gasteiger partial charge in [0.15, 0.2) is 0 Å². The summed E-state index contributed by atoms with van der Waals surface area (Å²) < 4.78 is 0. The summed E-state index contributed by atoms with van der Waals surface area (Å²) in [6.45, 7) is 1.88. The molecule has 0 spiro atoms. The second kappa shape index (κ2) is 4.41. The van der Waals surface area contributed by atoms with Crippen molar-refractivity contribution in [1.82, 2.24) is 0 Å². The van der Waals surface area contributed by atoms with E-state index in [1.165, 1.54) is 6.20 Å². The van der Waals surface area contributed by atoms with Crippen molar-refractivity contribution in [3.8, 4) is 0 Å². The SMILES string of the molecule is Cc1ccc(C(N)=O)cc1/C(C=N)=C/N. The largest absolute Gasteiger partial charge is 0.404 e. The van der Waals surface area contributed by atoms with Crippen LogP contribution in [0.2, 0.25) is 0 Å². The highest BCUT2D eigenvalue weighted by molar-refractivity contribution is 6.09. The molecule has 0 saturated carbocycles. The minimum Gasteiger partial charge on any atom is -0.404 e. The number of aryl methyl sites for hydroxylation is 1. The number of hydrogen-bond donors (Lipinski definition) is 3. The van der Waals surface area contributed by atoms with Gasteiger partial charge in [-0.05, 0) is 30.2 Å². The van der Waals surface area contributed by atoms with Gasteiger partial charge in [0.05, 0.1) is 0 Å². The van der Waals surface area contributed by atoms with Gasteiger partial charge in [-0.3, -0.25) is 4.79 Å². The fourth-order valence-corrected chi connectivity index (χ4v) is 1.30. The predicted molar refractivity (Wildman–Crippen MR) is 60.6 cm³/mol. The van der Waals surface area contributed by atoms with Crippen LogP contribution in [0.5, 0.6) is 0 Å². The Kier molecular flexibility index (Phi) is 3.23. The Morgan fingerprint density at radius 3 is 2.60 bits per heavy atom. The predicted octanol–water partition coefficient (Wildman–Crippen LogP) is 1.04. The Labute approximate surface area is 88.1 Å². The first-order valence-corrected chi connectivity index (χ1v) is 4.43. The van der Waals surface area contributed by atoms with Crippen molar-refractivity contribution < 1.29 is 4.79 Å². The van der Waals surface area contributed by atoms with E-state index in [1.807, 2.05) is 6.92 Å². The van der Waals surface area contributed by atoms with Crippen LogP contribution in [0.4, 0.5) is 0 Å². The average Bonchev–Trinajstić information content (AvgIpc) is 2.22. The molecule has 1 rings (SSSR count). The molecule has 0 atom stereocenters. The quantitative estimate of drug-likeness (QED) is 0.640. The molecular weight excluding hydrogens is 190 g/mol. The molecule has 0 unspecified atom stereocenters. The first-order valence-electron chi connectivity index (χ1n) is 4.43. The molecule has 1 aromatic rings. The molecule has 0 fully saturated rings. The third-order valence-electron chi connectivity index (χ3n) is 2.17. The number of primary amides is 1. The van der Waals surface area contributed by atoms with Crippen LogP contribution in [-0.4, -0.2) is 12.1 Å². The first-order chi connectivity index (χ1) is 7.10. The summed E-state index contributed by atoms with van der Waals surface area (Å²) in [6, 6.07) is 5.07. The Morgan fingerprint density at radius 2 is 2.13 bits per heavy atom. The van der Waals surface area contributed by atoms with Crippen LogP contribution in [-0.2, 0) is 0 Å². The molecule has 0 heterocycles. The molecule has 0 aromatic heterocycles. The van der Waals surface area contributed by atoms with Crippen molar-refractivity contribution in [3.05, 3.63) is 41.1 Å². The van der Waals surface area contributed by atoms with Gasteiger partial charge < -0.3 is 16.9 Å². The molecule has 0 aliphatic carbocycles. The fraction of sp³-hybridized carbons (Fsp3) is 0.0909. The number of hydrogen-bond acceptors (Lipinski definition) is 3. The Hall–Kier alpha value is -2.10. The third kappa shape index (κ3) is 2.22. The molecular formula is C11H13N3O. The highest BCUT2D eigenvalue weighted by Gasteiger charge is 2.06. The van der Waals surface area contributed by atoms with Gasteiger partial charge in [0, 0.05) is 23.6 Å². The Bertz CT molecular complexity index is 435. The number of benzene rings is 1. The molecule has 0 aliphatic heterocycles. The molecule has 5 N–H and O–H groups in total. The number of carbonyl (C=O) groups excluding carboxylic acids is 1. The number of amides is 1. The van der Waals surface area contributed by atoms with Gasteiger partial charge in [-0.25, -0.2) is 0 Å². The molecule has 4 nitrogen and oxygen atoms in total. The van der Waals surface area contributed by atoms with Crippen molar-refractivity contribution >= 4 is 17.7 Å². The summed E-state index contributed by atoms with van der Waals surface area (Å²) in [7, 11) is 0. The number of allylic oxidation sites excluding steroid dienone is 1. The highest BCUT2D eigenvalue weighted by atomic mass is 16.1. The van der Waals surface area contributed by atoms with Gasteiger partial charge in [0.1, 0.15) is 0 Å². The zero-order valence-corrected chi connectivity index (χ0v) is 8.45. The number of rotatable bonds is 3. The highest BCUT2D eigenvalue weighted by Crippen LogP contribution is 2.18.